The number of rotatable bonds is 4. The summed E-state index contributed by atoms with van der Waals surface area (Å²) in [7, 11) is 1.64. The van der Waals surface area contributed by atoms with Crippen molar-refractivity contribution in [2.75, 3.05) is 7.11 Å². The number of thiazole rings is 1. The van der Waals surface area contributed by atoms with Crippen LogP contribution in [0.15, 0.2) is 36.0 Å². The predicted molar refractivity (Wildman–Crippen MR) is 77.9 cm³/mol. The summed E-state index contributed by atoms with van der Waals surface area (Å²) < 4.78 is 6.74. The van der Waals surface area contributed by atoms with Crippen molar-refractivity contribution in [1.29, 1.82) is 5.26 Å². The highest BCUT2D eigenvalue weighted by Gasteiger charge is 2.07. The number of benzene rings is 1. The molecule has 0 atom stereocenters. The molecular weight excluding hydrogens is 286 g/mol. The van der Waals surface area contributed by atoms with E-state index in [1.807, 2.05) is 35.7 Å². The lowest BCUT2D eigenvalue weighted by molar-refractivity contribution is 0.415. The molecule has 0 fully saturated rings. The molecule has 2 aromatic heterocycles. The average molecular weight is 297 g/mol. The molecule has 3 aromatic rings. The van der Waals surface area contributed by atoms with Gasteiger partial charge in [-0.05, 0) is 24.3 Å². The van der Waals surface area contributed by atoms with Crippen molar-refractivity contribution in [3.8, 4) is 22.4 Å². The van der Waals surface area contributed by atoms with Crippen molar-refractivity contribution in [2.24, 2.45) is 0 Å². The van der Waals surface area contributed by atoms with Crippen molar-refractivity contribution in [1.82, 2.24) is 19.7 Å². The van der Waals surface area contributed by atoms with E-state index in [1.165, 1.54) is 6.33 Å². The maximum atomic E-state index is 8.70. The lowest BCUT2D eigenvalue weighted by Crippen LogP contribution is -2.00. The molecule has 6 nitrogen and oxygen atoms in total. The second-order valence-electron chi connectivity index (χ2n) is 4.25. The molecule has 0 radical (unpaired) electrons. The third-order valence-corrected chi connectivity index (χ3v) is 3.79. The highest BCUT2D eigenvalue weighted by Crippen LogP contribution is 2.25. The SMILES string of the molecule is COc1ccc(-c2nc(Cn3cnc(C#N)n3)cs2)cc1. The number of aromatic nitrogens is 4. The lowest BCUT2D eigenvalue weighted by atomic mass is 10.2. The molecule has 0 aliphatic rings. The van der Waals surface area contributed by atoms with Gasteiger partial charge in [0.2, 0.25) is 0 Å². The van der Waals surface area contributed by atoms with Gasteiger partial charge in [-0.2, -0.15) is 5.26 Å². The van der Waals surface area contributed by atoms with Crippen molar-refractivity contribution < 1.29 is 4.74 Å². The van der Waals surface area contributed by atoms with Crippen LogP contribution < -0.4 is 4.74 Å². The average Bonchev–Trinajstić information content (AvgIpc) is 3.17. The second kappa shape index (κ2) is 5.73. The van der Waals surface area contributed by atoms with E-state index < -0.39 is 0 Å². The minimum absolute atomic E-state index is 0.167. The van der Waals surface area contributed by atoms with Gasteiger partial charge in [-0.15, -0.1) is 16.4 Å². The maximum Gasteiger partial charge on any atom is 0.252 e. The van der Waals surface area contributed by atoms with Gasteiger partial charge in [0.15, 0.2) is 0 Å². The summed E-state index contributed by atoms with van der Waals surface area (Å²) >= 11 is 1.57. The Bertz CT molecular complexity index is 784. The monoisotopic (exact) mass is 297 g/mol. The molecule has 104 valence electrons. The summed E-state index contributed by atoms with van der Waals surface area (Å²) in [5, 5.41) is 15.6. The molecule has 3 rings (SSSR count). The topological polar surface area (TPSA) is 76.6 Å². The first-order chi connectivity index (χ1) is 10.3. The highest BCUT2D eigenvalue weighted by atomic mass is 32.1. The Kier molecular flexibility index (Phi) is 3.62. The van der Waals surface area contributed by atoms with E-state index in [0.29, 0.717) is 6.54 Å². The molecule has 0 bridgehead atoms. The van der Waals surface area contributed by atoms with Crippen LogP contribution in [0.3, 0.4) is 0 Å². The van der Waals surface area contributed by atoms with Crippen molar-refractivity contribution in [3.05, 3.63) is 47.5 Å². The van der Waals surface area contributed by atoms with Gasteiger partial charge in [-0.25, -0.2) is 14.6 Å². The number of hydrogen-bond donors (Lipinski definition) is 0. The first kappa shape index (κ1) is 13.3. The zero-order valence-electron chi connectivity index (χ0n) is 11.2. The van der Waals surface area contributed by atoms with Gasteiger partial charge >= 0.3 is 0 Å². The van der Waals surface area contributed by atoms with Crippen LogP contribution in [0, 0.1) is 11.3 Å². The van der Waals surface area contributed by atoms with Crippen LogP contribution >= 0.6 is 11.3 Å². The Morgan fingerprint density at radius 2 is 2.14 bits per heavy atom. The maximum absolute atomic E-state index is 8.70. The Morgan fingerprint density at radius 3 is 2.81 bits per heavy atom. The molecule has 0 aliphatic carbocycles. The van der Waals surface area contributed by atoms with E-state index in [9.17, 15) is 0 Å². The van der Waals surface area contributed by atoms with Crippen LogP contribution in [0.2, 0.25) is 0 Å². The minimum atomic E-state index is 0.167. The van der Waals surface area contributed by atoms with Gasteiger partial charge in [0.1, 0.15) is 23.2 Å². The fourth-order valence-corrected chi connectivity index (χ4v) is 2.65. The van der Waals surface area contributed by atoms with Gasteiger partial charge in [0.05, 0.1) is 19.3 Å². The fourth-order valence-electron chi connectivity index (χ4n) is 1.83. The van der Waals surface area contributed by atoms with E-state index in [0.717, 1.165) is 22.0 Å². The normalized spacial score (nSPS) is 10.3. The summed E-state index contributed by atoms with van der Waals surface area (Å²) in [4.78, 5) is 8.44. The molecule has 0 N–H and O–H groups in total. The van der Waals surface area contributed by atoms with Gasteiger partial charge in [-0.3, -0.25) is 0 Å². The first-order valence-electron chi connectivity index (χ1n) is 6.17. The Labute approximate surface area is 125 Å². The molecule has 1 aromatic carbocycles. The summed E-state index contributed by atoms with van der Waals surface area (Å²) in [6.07, 6.45) is 1.53. The van der Waals surface area contributed by atoms with Crippen LogP contribution in [-0.2, 0) is 6.54 Å². The third kappa shape index (κ3) is 2.90. The molecule has 0 unspecified atom stereocenters. The van der Waals surface area contributed by atoms with Gasteiger partial charge in [0.25, 0.3) is 5.82 Å². The van der Waals surface area contributed by atoms with Crippen LogP contribution in [-0.4, -0.2) is 26.9 Å². The zero-order chi connectivity index (χ0) is 14.7. The van der Waals surface area contributed by atoms with Crippen molar-refractivity contribution >= 4 is 11.3 Å². The van der Waals surface area contributed by atoms with Gasteiger partial charge in [-0.1, -0.05) is 0 Å². The summed E-state index contributed by atoms with van der Waals surface area (Å²) in [5.41, 5.74) is 1.93. The number of hydrogen-bond acceptors (Lipinski definition) is 6. The number of nitrogens with zero attached hydrogens (tertiary/aromatic N) is 5. The largest absolute Gasteiger partial charge is 0.497 e. The molecule has 0 saturated heterocycles. The standard InChI is InChI=1S/C14H11N5OS/c1-20-12-4-2-10(3-5-12)14-17-11(8-21-14)7-19-9-16-13(6-15)18-19/h2-5,8-9H,7H2,1H3. The Balaban J connectivity index is 1.77. The van der Waals surface area contributed by atoms with Gasteiger partial charge in [0, 0.05) is 10.9 Å². The molecular formula is C14H11N5OS. The predicted octanol–water partition coefficient (Wildman–Crippen LogP) is 2.33. The molecule has 7 heteroatoms. The number of methoxy groups -OCH3 is 1. The fraction of sp³-hybridized carbons (Fsp3) is 0.143. The molecule has 2 heterocycles. The second-order valence-corrected chi connectivity index (χ2v) is 5.11. The Morgan fingerprint density at radius 1 is 1.33 bits per heavy atom. The van der Waals surface area contributed by atoms with E-state index in [-0.39, 0.29) is 5.82 Å². The van der Waals surface area contributed by atoms with E-state index in [2.05, 4.69) is 15.1 Å². The quantitative estimate of drug-likeness (QED) is 0.738. The number of nitriles is 1. The molecule has 0 spiro atoms. The summed E-state index contributed by atoms with van der Waals surface area (Å²) in [5.74, 6) is 0.989. The lowest BCUT2D eigenvalue weighted by Gasteiger charge is -2.00. The third-order valence-electron chi connectivity index (χ3n) is 2.85. The number of ether oxygens (including phenoxy) is 1. The molecule has 0 saturated carbocycles. The van der Waals surface area contributed by atoms with Crippen LogP contribution in [0.25, 0.3) is 10.6 Å². The van der Waals surface area contributed by atoms with Gasteiger partial charge < -0.3 is 4.74 Å². The molecule has 21 heavy (non-hydrogen) atoms. The summed E-state index contributed by atoms with van der Waals surface area (Å²) in [6.45, 7) is 0.501. The van der Waals surface area contributed by atoms with Crippen LogP contribution in [0.4, 0.5) is 0 Å². The van der Waals surface area contributed by atoms with Crippen molar-refractivity contribution in [2.45, 2.75) is 6.54 Å². The first-order valence-corrected chi connectivity index (χ1v) is 7.05. The van der Waals surface area contributed by atoms with E-state index in [4.69, 9.17) is 10.00 Å². The zero-order valence-corrected chi connectivity index (χ0v) is 12.0. The van der Waals surface area contributed by atoms with Crippen LogP contribution in [0.5, 0.6) is 5.75 Å². The highest BCUT2D eigenvalue weighted by molar-refractivity contribution is 7.13. The van der Waals surface area contributed by atoms with E-state index in [1.54, 1.807) is 23.1 Å². The Hall–Kier alpha value is -2.72. The van der Waals surface area contributed by atoms with E-state index >= 15 is 0 Å². The van der Waals surface area contributed by atoms with Crippen LogP contribution in [0.1, 0.15) is 11.5 Å². The van der Waals surface area contributed by atoms with Crippen molar-refractivity contribution in [3.63, 3.8) is 0 Å². The molecule has 0 aliphatic heterocycles. The minimum Gasteiger partial charge on any atom is -0.497 e. The molecule has 0 amide bonds. The summed E-state index contributed by atoms with van der Waals surface area (Å²) in [6, 6.07) is 9.68. The smallest absolute Gasteiger partial charge is 0.252 e.